The monoisotopic (exact) mass is 860 g/mol. The molecule has 14 nitrogen and oxygen atoms in total. The summed E-state index contributed by atoms with van der Waals surface area (Å²) in [6.07, 6.45) is 1.32. The zero-order valence-electron chi connectivity index (χ0n) is 33.7. The van der Waals surface area contributed by atoms with E-state index in [1.165, 1.54) is 29.6 Å². The fourth-order valence-electron chi connectivity index (χ4n) is 7.55. The van der Waals surface area contributed by atoms with Crippen molar-refractivity contribution < 1.29 is 22.8 Å². The molecule has 2 aliphatic heterocycles. The van der Waals surface area contributed by atoms with Gasteiger partial charge in [-0.3, -0.25) is 24.6 Å². The van der Waals surface area contributed by atoms with Gasteiger partial charge in [0.2, 0.25) is 0 Å². The minimum Gasteiger partial charge on any atom is -0.492 e. The minimum absolute atomic E-state index is 0.0915. The molecule has 61 heavy (non-hydrogen) atoms. The highest BCUT2D eigenvalue weighted by atomic mass is 32.2. The molecule has 0 amide bonds. The number of fused-ring (bicyclic) bond motifs is 1. The SMILES string of the molecule is O=[N+]([O-])c1cc(S(=O)(=O)Nc2ncnc3cc(N4CCN(Cc5ccccc5-c5ccc(OCCN6CCOCC6)cc5)CC4)ccc23)ccc1NCCSc1ccccc1. The third-order valence-corrected chi connectivity index (χ3v) is 13.2. The molecule has 2 saturated heterocycles. The summed E-state index contributed by atoms with van der Waals surface area (Å²) < 4.78 is 41.2. The van der Waals surface area contributed by atoms with E-state index in [-0.39, 0.29) is 22.1 Å². The Morgan fingerprint density at radius 2 is 1.59 bits per heavy atom. The van der Waals surface area contributed by atoms with Gasteiger partial charge in [0.15, 0.2) is 5.82 Å². The van der Waals surface area contributed by atoms with Crippen molar-refractivity contribution in [3.05, 3.63) is 137 Å². The lowest BCUT2D eigenvalue weighted by molar-refractivity contribution is -0.384. The number of anilines is 3. The molecule has 3 heterocycles. The standard InChI is InChI=1S/C45H48N8O6S2/c54-53(55)44-31-39(15-17-42(44)46-18-29-60-38-7-2-1-3-8-38)61(56,57)49-45-41-16-12-36(30-43(41)47-33-48-45)52-21-19-51(20-22-52)32-35-6-4-5-9-40(35)34-10-13-37(14-11-34)59-28-25-50-23-26-58-27-24-50/h1-17,30-31,33,46H,18-29,32H2,(H,47,48,49). The lowest BCUT2D eigenvalue weighted by Gasteiger charge is -2.36. The van der Waals surface area contributed by atoms with Crippen molar-refractivity contribution in [2.24, 2.45) is 0 Å². The number of sulfonamides is 1. The van der Waals surface area contributed by atoms with Crippen LogP contribution in [0.4, 0.5) is 22.9 Å². The summed E-state index contributed by atoms with van der Waals surface area (Å²) in [6, 6.07) is 36.3. The van der Waals surface area contributed by atoms with Gasteiger partial charge >= 0.3 is 0 Å². The van der Waals surface area contributed by atoms with Gasteiger partial charge in [-0.25, -0.2) is 18.4 Å². The Morgan fingerprint density at radius 3 is 2.38 bits per heavy atom. The summed E-state index contributed by atoms with van der Waals surface area (Å²) in [5, 5.41) is 15.6. The normalized spacial score (nSPS) is 15.1. The van der Waals surface area contributed by atoms with E-state index in [9.17, 15) is 18.5 Å². The highest BCUT2D eigenvalue weighted by Crippen LogP contribution is 2.32. The molecular formula is C45H48N8O6S2. The molecule has 8 rings (SSSR count). The van der Waals surface area contributed by atoms with Gasteiger partial charge in [0, 0.05) is 86.7 Å². The first kappa shape index (κ1) is 41.9. The molecule has 0 atom stereocenters. The number of piperazine rings is 1. The number of morpholine rings is 1. The molecule has 1 aromatic heterocycles. The van der Waals surface area contributed by atoms with Crippen molar-refractivity contribution in [2.45, 2.75) is 16.3 Å². The lowest BCUT2D eigenvalue weighted by atomic mass is 9.99. The average molecular weight is 861 g/mol. The van der Waals surface area contributed by atoms with E-state index in [1.54, 1.807) is 11.8 Å². The van der Waals surface area contributed by atoms with E-state index in [4.69, 9.17) is 9.47 Å². The molecule has 316 valence electrons. The number of nitro groups is 1. The molecule has 0 bridgehead atoms. The molecule has 6 aromatic rings. The molecule has 2 fully saturated rings. The van der Waals surface area contributed by atoms with Crippen LogP contribution in [0.15, 0.2) is 131 Å². The van der Waals surface area contributed by atoms with Crippen LogP contribution in [-0.2, 0) is 21.3 Å². The number of nitrogens with one attached hydrogen (secondary N) is 2. The molecule has 5 aromatic carbocycles. The zero-order valence-corrected chi connectivity index (χ0v) is 35.3. The molecular weight excluding hydrogens is 813 g/mol. The number of aromatic nitrogens is 2. The summed E-state index contributed by atoms with van der Waals surface area (Å²) in [7, 11) is -4.23. The third-order valence-electron chi connectivity index (χ3n) is 10.9. The first-order chi connectivity index (χ1) is 29.8. The molecule has 2 aliphatic rings. The van der Waals surface area contributed by atoms with Gasteiger partial charge in [-0.2, -0.15) is 0 Å². The van der Waals surface area contributed by atoms with E-state index in [0.29, 0.717) is 29.8 Å². The second kappa shape index (κ2) is 19.7. The van der Waals surface area contributed by atoms with E-state index >= 15 is 0 Å². The summed E-state index contributed by atoms with van der Waals surface area (Å²) in [5.41, 5.74) is 5.10. The fourth-order valence-corrected chi connectivity index (χ4v) is 9.39. The van der Waals surface area contributed by atoms with Crippen LogP contribution in [0.1, 0.15) is 5.56 Å². The van der Waals surface area contributed by atoms with Crippen molar-refractivity contribution >= 4 is 55.6 Å². The van der Waals surface area contributed by atoms with Crippen LogP contribution in [0, 0.1) is 10.1 Å². The molecule has 0 radical (unpaired) electrons. The maximum atomic E-state index is 13.6. The molecule has 16 heteroatoms. The number of nitro benzene ring substituents is 1. The van der Waals surface area contributed by atoms with Gasteiger partial charge < -0.3 is 19.7 Å². The predicted molar refractivity (Wildman–Crippen MR) is 241 cm³/mol. The maximum absolute atomic E-state index is 13.6. The zero-order chi connectivity index (χ0) is 42.0. The van der Waals surface area contributed by atoms with Crippen molar-refractivity contribution in [2.75, 3.05) is 92.9 Å². The van der Waals surface area contributed by atoms with Crippen molar-refractivity contribution in [1.82, 2.24) is 19.8 Å². The molecule has 0 unspecified atom stereocenters. The number of hydrogen-bond donors (Lipinski definition) is 2. The van der Waals surface area contributed by atoms with Gasteiger partial charge in [0.25, 0.3) is 15.7 Å². The lowest BCUT2D eigenvalue weighted by Crippen LogP contribution is -2.46. The van der Waals surface area contributed by atoms with Crippen LogP contribution in [-0.4, -0.2) is 111 Å². The Labute approximate surface area is 360 Å². The fraction of sp³-hybridized carbons (Fsp3) is 0.289. The second-order valence-electron chi connectivity index (χ2n) is 14.8. The number of ether oxygens (including phenoxy) is 2. The van der Waals surface area contributed by atoms with Gasteiger partial charge in [-0.15, -0.1) is 11.8 Å². The number of thioether (sulfide) groups is 1. The van der Waals surface area contributed by atoms with E-state index in [1.807, 2.05) is 48.5 Å². The van der Waals surface area contributed by atoms with Gasteiger partial charge in [0.1, 0.15) is 24.4 Å². The van der Waals surface area contributed by atoms with Gasteiger partial charge in [0.05, 0.1) is 28.5 Å². The Kier molecular flexibility index (Phi) is 13.6. The van der Waals surface area contributed by atoms with Crippen molar-refractivity contribution in [3.63, 3.8) is 0 Å². The predicted octanol–water partition coefficient (Wildman–Crippen LogP) is 7.24. The van der Waals surface area contributed by atoms with Gasteiger partial charge in [-0.1, -0.05) is 54.6 Å². The van der Waals surface area contributed by atoms with Gasteiger partial charge in [-0.05, 0) is 71.3 Å². The van der Waals surface area contributed by atoms with Crippen LogP contribution in [0.5, 0.6) is 5.75 Å². The minimum atomic E-state index is -4.23. The van der Waals surface area contributed by atoms with E-state index in [0.717, 1.165) is 93.5 Å². The summed E-state index contributed by atoms with van der Waals surface area (Å²) in [4.78, 5) is 28.1. The Bertz CT molecular complexity index is 2540. The van der Waals surface area contributed by atoms with Crippen LogP contribution < -0.4 is 19.7 Å². The Morgan fingerprint density at radius 1 is 0.820 bits per heavy atom. The Balaban J connectivity index is 0.865. The average Bonchev–Trinajstić information content (AvgIpc) is 3.29. The quantitative estimate of drug-likeness (QED) is 0.0410. The summed E-state index contributed by atoms with van der Waals surface area (Å²) in [6.45, 7) is 9.65. The largest absolute Gasteiger partial charge is 0.492 e. The highest BCUT2D eigenvalue weighted by molar-refractivity contribution is 7.99. The number of rotatable bonds is 17. The Hall–Kier alpha value is -5.78. The summed E-state index contributed by atoms with van der Waals surface area (Å²) >= 11 is 1.62. The first-order valence-corrected chi connectivity index (χ1v) is 22.8. The third kappa shape index (κ3) is 10.8. The van der Waals surface area contributed by atoms with Crippen LogP contribution in [0.25, 0.3) is 22.0 Å². The second-order valence-corrected chi connectivity index (χ2v) is 17.7. The topological polar surface area (TPSA) is 155 Å². The van der Waals surface area contributed by atoms with Crippen molar-refractivity contribution in [1.29, 1.82) is 0 Å². The number of hydrogen-bond acceptors (Lipinski definition) is 13. The highest BCUT2D eigenvalue weighted by Gasteiger charge is 2.24. The first-order valence-electron chi connectivity index (χ1n) is 20.4. The van der Waals surface area contributed by atoms with Crippen LogP contribution >= 0.6 is 11.8 Å². The van der Waals surface area contributed by atoms with E-state index < -0.39 is 14.9 Å². The molecule has 0 spiro atoms. The number of benzene rings is 5. The van der Waals surface area contributed by atoms with E-state index in [2.05, 4.69) is 83.2 Å². The number of nitrogens with zero attached hydrogens (tertiary/aromatic N) is 6. The summed E-state index contributed by atoms with van der Waals surface area (Å²) in [5.74, 6) is 1.63. The van der Waals surface area contributed by atoms with Crippen molar-refractivity contribution in [3.8, 4) is 16.9 Å². The van der Waals surface area contributed by atoms with Crippen LogP contribution in [0.3, 0.4) is 0 Å². The smallest absolute Gasteiger partial charge is 0.293 e. The molecule has 0 aliphatic carbocycles. The molecule has 0 saturated carbocycles. The van der Waals surface area contributed by atoms with Crippen LogP contribution in [0.2, 0.25) is 0 Å². The maximum Gasteiger partial charge on any atom is 0.293 e. The molecule has 2 N–H and O–H groups in total.